The zero-order valence-corrected chi connectivity index (χ0v) is 11.7. The van der Waals surface area contributed by atoms with Crippen LogP contribution < -0.4 is 5.32 Å². The SMILES string of the molecule is CCC(C#N)(CC)C(=O)NC(C)C1CCOCC1. The van der Waals surface area contributed by atoms with E-state index in [1.165, 1.54) is 0 Å². The molecular weight excluding hydrogens is 228 g/mol. The smallest absolute Gasteiger partial charge is 0.240 e. The molecule has 0 aromatic carbocycles. The van der Waals surface area contributed by atoms with Gasteiger partial charge in [0.05, 0.1) is 6.07 Å². The highest BCUT2D eigenvalue weighted by atomic mass is 16.5. The number of nitrogens with one attached hydrogen (secondary N) is 1. The summed E-state index contributed by atoms with van der Waals surface area (Å²) in [6.07, 6.45) is 3.09. The third kappa shape index (κ3) is 3.23. The Morgan fingerprint density at radius 1 is 1.44 bits per heavy atom. The minimum absolute atomic E-state index is 0.117. The average Bonchev–Trinajstić information content (AvgIpc) is 2.42. The molecule has 0 aromatic heterocycles. The first-order valence-corrected chi connectivity index (χ1v) is 6.89. The van der Waals surface area contributed by atoms with Gasteiger partial charge in [0, 0.05) is 19.3 Å². The van der Waals surface area contributed by atoms with E-state index in [2.05, 4.69) is 11.4 Å². The number of nitriles is 1. The number of carbonyl (C=O) groups is 1. The van der Waals surface area contributed by atoms with Crippen molar-refractivity contribution in [3.63, 3.8) is 0 Å². The molecule has 1 atom stereocenters. The Kier molecular flexibility index (Phi) is 5.61. The second-order valence-corrected chi connectivity index (χ2v) is 5.11. The lowest BCUT2D eigenvalue weighted by molar-refractivity contribution is -0.129. The molecule has 102 valence electrons. The fourth-order valence-electron chi connectivity index (χ4n) is 2.46. The molecule has 1 fully saturated rings. The molecule has 4 heteroatoms. The van der Waals surface area contributed by atoms with Crippen molar-refractivity contribution in [1.29, 1.82) is 5.26 Å². The largest absolute Gasteiger partial charge is 0.381 e. The van der Waals surface area contributed by atoms with E-state index in [1.807, 2.05) is 20.8 Å². The van der Waals surface area contributed by atoms with Gasteiger partial charge in [0.1, 0.15) is 5.41 Å². The molecule has 0 bridgehead atoms. The van der Waals surface area contributed by atoms with Gasteiger partial charge in [-0.25, -0.2) is 0 Å². The van der Waals surface area contributed by atoms with Gasteiger partial charge in [0.2, 0.25) is 5.91 Å². The molecule has 0 aromatic rings. The van der Waals surface area contributed by atoms with Crippen LogP contribution in [0.15, 0.2) is 0 Å². The molecule has 1 heterocycles. The van der Waals surface area contributed by atoms with Crippen molar-refractivity contribution in [2.75, 3.05) is 13.2 Å². The summed E-state index contributed by atoms with van der Waals surface area (Å²) in [5.41, 5.74) is -0.862. The number of hydrogen-bond acceptors (Lipinski definition) is 3. The van der Waals surface area contributed by atoms with Crippen molar-refractivity contribution in [3.8, 4) is 6.07 Å². The fraction of sp³-hybridized carbons (Fsp3) is 0.857. The molecule has 1 saturated heterocycles. The zero-order chi connectivity index (χ0) is 13.6. The summed E-state index contributed by atoms with van der Waals surface area (Å²) in [6, 6.07) is 2.30. The lowest BCUT2D eigenvalue weighted by atomic mass is 9.82. The van der Waals surface area contributed by atoms with Gasteiger partial charge >= 0.3 is 0 Å². The van der Waals surface area contributed by atoms with E-state index in [9.17, 15) is 10.1 Å². The molecule has 18 heavy (non-hydrogen) atoms. The third-order valence-electron chi connectivity index (χ3n) is 4.19. The van der Waals surface area contributed by atoms with Gasteiger partial charge in [-0.3, -0.25) is 4.79 Å². The third-order valence-corrected chi connectivity index (χ3v) is 4.19. The summed E-state index contributed by atoms with van der Waals surface area (Å²) in [5, 5.41) is 12.3. The van der Waals surface area contributed by atoms with Crippen molar-refractivity contribution >= 4 is 5.91 Å². The highest BCUT2D eigenvalue weighted by Crippen LogP contribution is 2.27. The number of nitrogens with zero attached hydrogens (tertiary/aromatic N) is 1. The summed E-state index contributed by atoms with van der Waals surface area (Å²) in [7, 11) is 0. The zero-order valence-electron chi connectivity index (χ0n) is 11.7. The van der Waals surface area contributed by atoms with Crippen molar-refractivity contribution in [2.45, 2.75) is 52.5 Å². The normalized spacial score (nSPS) is 19.0. The second kappa shape index (κ2) is 6.75. The molecule has 0 saturated carbocycles. The van der Waals surface area contributed by atoms with Gasteiger partial charge in [0.15, 0.2) is 0 Å². The quantitative estimate of drug-likeness (QED) is 0.816. The predicted octanol–water partition coefficient (Wildman–Crippen LogP) is 2.25. The maximum absolute atomic E-state index is 12.2. The Balaban J connectivity index is 2.60. The van der Waals surface area contributed by atoms with Crippen LogP contribution in [-0.4, -0.2) is 25.2 Å². The molecule has 4 nitrogen and oxygen atoms in total. The van der Waals surface area contributed by atoms with E-state index in [0.29, 0.717) is 18.8 Å². The standard InChI is InChI=1S/C14H24N2O2/c1-4-14(5-2,10-15)13(17)16-11(3)12-6-8-18-9-7-12/h11-12H,4-9H2,1-3H3,(H,16,17). The van der Waals surface area contributed by atoms with Crippen molar-refractivity contribution in [2.24, 2.45) is 11.3 Å². The molecular formula is C14H24N2O2. The molecule has 0 aliphatic carbocycles. The van der Waals surface area contributed by atoms with Crippen LogP contribution in [0.2, 0.25) is 0 Å². The molecule has 1 aliphatic rings. The molecule has 1 amide bonds. The van der Waals surface area contributed by atoms with Crippen LogP contribution in [0.5, 0.6) is 0 Å². The fourth-order valence-corrected chi connectivity index (χ4v) is 2.46. The highest BCUT2D eigenvalue weighted by molar-refractivity contribution is 5.85. The monoisotopic (exact) mass is 252 g/mol. The maximum Gasteiger partial charge on any atom is 0.240 e. The van der Waals surface area contributed by atoms with Crippen LogP contribution >= 0.6 is 0 Å². The van der Waals surface area contributed by atoms with E-state index in [-0.39, 0.29) is 11.9 Å². The topological polar surface area (TPSA) is 62.1 Å². The summed E-state index contributed by atoms with van der Waals surface area (Å²) in [5.74, 6) is 0.349. The average molecular weight is 252 g/mol. The second-order valence-electron chi connectivity index (χ2n) is 5.11. The number of rotatable bonds is 5. The molecule has 1 aliphatic heterocycles. The summed E-state index contributed by atoms with van der Waals surface area (Å²) in [6.45, 7) is 7.36. The number of hydrogen-bond donors (Lipinski definition) is 1. The van der Waals surface area contributed by atoms with E-state index < -0.39 is 5.41 Å². The number of carbonyl (C=O) groups excluding carboxylic acids is 1. The van der Waals surface area contributed by atoms with Crippen LogP contribution in [0, 0.1) is 22.7 Å². The van der Waals surface area contributed by atoms with E-state index in [4.69, 9.17) is 4.74 Å². The van der Waals surface area contributed by atoms with Crippen LogP contribution in [0.4, 0.5) is 0 Å². The van der Waals surface area contributed by atoms with Gasteiger partial charge in [-0.2, -0.15) is 5.26 Å². The van der Waals surface area contributed by atoms with Gasteiger partial charge in [-0.15, -0.1) is 0 Å². The van der Waals surface area contributed by atoms with Gasteiger partial charge < -0.3 is 10.1 Å². The van der Waals surface area contributed by atoms with Crippen molar-refractivity contribution in [3.05, 3.63) is 0 Å². The summed E-state index contributed by atoms with van der Waals surface area (Å²) >= 11 is 0. The van der Waals surface area contributed by atoms with Crippen LogP contribution in [0.3, 0.4) is 0 Å². The Bertz CT molecular complexity index is 312. The Hall–Kier alpha value is -1.08. The van der Waals surface area contributed by atoms with Crippen LogP contribution in [-0.2, 0) is 9.53 Å². The summed E-state index contributed by atoms with van der Waals surface area (Å²) < 4.78 is 5.32. The molecule has 1 N–H and O–H groups in total. The lowest BCUT2D eigenvalue weighted by Crippen LogP contribution is -2.47. The predicted molar refractivity (Wildman–Crippen MR) is 69.8 cm³/mol. The van der Waals surface area contributed by atoms with E-state index >= 15 is 0 Å². The van der Waals surface area contributed by atoms with Gasteiger partial charge in [0.25, 0.3) is 0 Å². The lowest BCUT2D eigenvalue weighted by Gasteiger charge is -2.31. The van der Waals surface area contributed by atoms with E-state index in [0.717, 1.165) is 26.1 Å². The molecule has 1 rings (SSSR count). The number of ether oxygens (including phenoxy) is 1. The van der Waals surface area contributed by atoms with Gasteiger partial charge in [-0.05, 0) is 38.5 Å². The maximum atomic E-state index is 12.2. The molecule has 0 spiro atoms. The summed E-state index contributed by atoms with van der Waals surface area (Å²) in [4.78, 5) is 12.2. The Labute approximate surface area is 110 Å². The van der Waals surface area contributed by atoms with Crippen molar-refractivity contribution < 1.29 is 9.53 Å². The first kappa shape index (κ1) is 15.0. The minimum Gasteiger partial charge on any atom is -0.381 e. The Morgan fingerprint density at radius 2 is 2.00 bits per heavy atom. The van der Waals surface area contributed by atoms with Gasteiger partial charge in [-0.1, -0.05) is 13.8 Å². The first-order chi connectivity index (χ1) is 8.59. The van der Waals surface area contributed by atoms with Crippen LogP contribution in [0.1, 0.15) is 46.5 Å². The number of amides is 1. The Morgan fingerprint density at radius 3 is 2.44 bits per heavy atom. The molecule has 1 unspecified atom stereocenters. The van der Waals surface area contributed by atoms with Crippen LogP contribution in [0.25, 0.3) is 0 Å². The van der Waals surface area contributed by atoms with E-state index in [1.54, 1.807) is 0 Å². The minimum atomic E-state index is -0.862. The van der Waals surface area contributed by atoms with Crippen molar-refractivity contribution in [1.82, 2.24) is 5.32 Å². The first-order valence-electron chi connectivity index (χ1n) is 6.89. The molecule has 0 radical (unpaired) electrons. The highest BCUT2D eigenvalue weighted by Gasteiger charge is 2.36.